The van der Waals surface area contributed by atoms with E-state index in [0.29, 0.717) is 24.2 Å². The maximum Gasteiger partial charge on any atom is 0.254 e. The molecule has 1 amide bonds. The van der Waals surface area contributed by atoms with Crippen molar-refractivity contribution in [1.29, 1.82) is 5.26 Å². The predicted molar refractivity (Wildman–Crippen MR) is 100 cm³/mol. The van der Waals surface area contributed by atoms with Gasteiger partial charge in [-0.15, -0.1) is 0 Å². The van der Waals surface area contributed by atoms with Crippen molar-refractivity contribution < 1.29 is 4.79 Å². The first kappa shape index (κ1) is 17.4. The highest BCUT2D eigenvalue weighted by atomic mass is 16.2. The van der Waals surface area contributed by atoms with Crippen LogP contribution in [0.1, 0.15) is 32.6 Å². The number of nitrogens with zero attached hydrogens (tertiary/aromatic N) is 3. The van der Waals surface area contributed by atoms with E-state index in [1.807, 2.05) is 43.3 Å². The Morgan fingerprint density at radius 2 is 1.81 bits per heavy atom. The van der Waals surface area contributed by atoms with Crippen LogP contribution in [-0.4, -0.2) is 15.8 Å². The fourth-order valence-corrected chi connectivity index (χ4v) is 2.77. The van der Waals surface area contributed by atoms with Gasteiger partial charge >= 0.3 is 0 Å². The van der Waals surface area contributed by atoms with E-state index in [0.717, 1.165) is 16.7 Å². The van der Waals surface area contributed by atoms with Crippen LogP contribution in [-0.2, 0) is 13.1 Å². The number of benzene rings is 2. The van der Waals surface area contributed by atoms with Crippen LogP contribution in [0.3, 0.4) is 0 Å². The molecule has 0 aliphatic rings. The molecule has 0 saturated carbocycles. The average molecular weight is 341 g/mol. The Morgan fingerprint density at radius 3 is 2.46 bits per heavy atom. The lowest BCUT2D eigenvalue weighted by Gasteiger charge is -2.24. The third kappa shape index (κ3) is 4.14. The van der Waals surface area contributed by atoms with Gasteiger partial charge in [0.2, 0.25) is 0 Å². The number of carbonyl (C=O) groups is 1. The highest BCUT2D eigenvalue weighted by Gasteiger charge is 2.17. The van der Waals surface area contributed by atoms with E-state index in [1.54, 1.807) is 41.6 Å². The number of carbonyl (C=O) groups excluding carboxylic acids is 1. The number of pyridine rings is 1. The summed E-state index contributed by atoms with van der Waals surface area (Å²) < 4.78 is 0. The Labute approximate surface area is 153 Å². The molecule has 2 aromatic carbocycles. The molecular weight excluding hydrogens is 322 g/mol. The summed E-state index contributed by atoms with van der Waals surface area (Å²) >= 11 is 0. The normalized spacial score (nSPS) is 10.2. The third-order valence-electron chi connectivity index (χ3n) is 4.27. The van der Waals surface area contributed by atoms with Gasteiger partial charge in [-0.25, -0.2) is 0 Å². The fourth-order valence-electron chi connectivity index (χ4n) is 2.77. The van der Waals surface area contributed by atoms with Crippen LogP contribution in [0.2, 0.25) is 0 Å². The molecule has 0 aliphatic heterocycles. The maximum absolute atomic E-state index is 13.1. The van der Waals surface area contributed by atoms with Gasteiger partial charge in [0.05, 0.1) is 11.6 Å². The largest absolute Gasteiger partial charge is 0.330 e. The maximum atomic E-state index is 13.1. The summed E-state index contributed by atoms with van der Waals surface area (Å²) in [7, 11) is 0. The summed E-state index contributed by atoms with van der Waals surface area (Å²) in [5, 5.41) is 8.94. The van der Waals surface area contributed by atoms with Crippen LogP contribution in [0.25, 0.3) is 0 Å². The number of rotatable bonds is 5. The molecule has 0 N–H and O–H groups in total. The van der Waals surface area contributed by atoms with Crippen LogP contribution in [0.5, 0.6) is 0 Å². The molecule has 0 radical (unpaired) electrons. The van der Waals surface area contributed by atoms with Gasteiger partial charge in [0, 0.05) is 31.0 Å². The van der Waals surface area contributed by atoms with E-state index < -0.39 is 0 Å². The Morgan fingerprint density at radius 1 is 1.04 bits per heavy atom. The van der Waals surface area contributed by atoms with Crippen molar-refractivity contribution in [3.8, 4) is 6.07 Å². The van der Waals surface area contributed by atoms with E-state index in [1.165, 1.54) is 0 Å². The molecule has 128 valence electrons. The predicted octanol–water partition coefficient (Wildman–Crippen LogP) is 4.10. The Hall–Kier alpha value is -3.45. The standard InChI is InChI=1S/C22H19N3O/c1-17-5-2-3-7-21(17)16-25(15-19-6-4-12-24-14-19)22(26)20-10-8-18(13-23)9-11-20/h2-12,14H,15-16H2,1H3. The summed E-state index contributed by atoms with van der Waals surface area (Å²) in [5.74, 6) is -0.0680. The lowest BCUT2D eigenvalue weighted by molar-refractivity contribution is 0.0729. The molecule has 1 heterocycles. The zero-order valence-corrected chi connectivity index (χ0v) is 14.6. The van der Waals surface area contributed by atoms with Crippen molar-refractivity contribution in [2.45, 2.75) is 20.0 Å². The molecule has 1 aromatic heterocycles. The molecule has 0 unspecified atom stereocenters. The van der Waals surface area contributed by atoms with Gasteiger partial charge in [0.1, 0.15) is 0 Å². The average Bonchev–Trinajstić information content (AvgIpc) is 2.69. The van der Waals surface area contributed by atoms with Gasteiger partial charge in [0.25, 0.3) is 5.91 Å². The van der Waals surface area contributed by atoms with Crippen LogP contribution >= 0.6 is 0 Å². The van der Waals surface area contributed by atoms with Gasteiger partial charge < -0.3 is 4.90 Å². The van der Waals surface area contributed by atoms with E-state index in [9.17, 15) is 4.79 Å². The molecule has 0 saturated heterocycles. The monoisotopic (exact) mass is 341 g/mol. The van der Waals surface area contributed by atoms with E-state index in [4.69, 9.17) is 5.26 Å². The van der Waals surface area contributed by atoms with Crippen molar-refractivity contribution in [3.05, 3.63) is 101 Å². The lowest BCUT2D eigenvalue weighted by atomic mass is 10.1. The summed E-state index contributed by atoms with van der Waals surface area (Å²) in [5.41, 5.74) is 4.35. The van der Waals surface area contributed by atoms with Crippen LogP contribution in [0.15, 0.2) is 73.1 Å². The first-order chi connectivity index (χ1) is 12.7. The Bertz CT molecular complexity index is 928. The quantitative estimate of drug-likeness (QED) is 0.702. The fraction of sp³-hybridized carbons (Fsp3) is 0.136. The number of hydrogen-bond acceptors (Lipinski definition) is 3. The van der Waals surface area contributed by atoms with Gasteiger partial charge in [-0.3, -0.25) is 9.78 Å². The van der Waals surface area contributed by atoms with Gasteiger partial charge in [-0.2, -0.15) is 5.26 Å². The van der Waals surface area contributed by atoms with E-state index in [2.05, 4.69) is 11.1 Å². The molecule has 0 fully saturated rings. The number of aromatic nitrogens is 1. The molecule has 3 rings (SSSR count). The van der Waals surface area contributed by atoms with E-state index in [-0.39, 0.29) is 5.91 Å². The molecule has 4 heteroatoms. The second-order valence-electron chi connectivity index (χ2n) is 6.14. The number of hydrogen-bond donors (Lipinski definition) is 0. The highest BCUT2D eigenvalue weighted by molar-refractivity contribution is 5.94. The van der Waals surface area contributed by atoms with Crippen molar-refractivity contribution >= 4 is 5.91 Å². The Balaban J connectivity index is 1.89. The van der Waals surface area contributed by atoms with Crippen molar-refractivity contribution in [2.75, 3.05) is 0 Å². The second kappa shape index (κ2) is 8.09. The number of aryl methyl sites for hydroxylation is 1. The third-order valence-corrected chi connectivity index (χ3v) is 4.27. The minimum Gasteiger partial charge on any atom is -0.330 e. The highest BCUT2D eigenvalue weighted by Crippen LogP contribution is 2.16. The smallest absolute Gasteiger partial charge is 0.254 e. The lowest BCUT2D eigenvalue weighted by Crippen LogP contribution is -2.30. The van der Waals surface area contributed by atoms with Gasteiger partial charge in [-0.05, 0) is 53.9 Å². The minimum absolute atomic E-state index is 0.0680. The summed E-state index contributed by atoms with van der Waals surface area (Å²) in [6, 6.07) is 20.7. The molecule has 4 nitrogen and oxygen atoms in total. The van der Waals surface area contributed by atoms with Crippen molar-refractivity contribution in [3.63, 3.8) is 0 Å². The molecule has 0 spiro atoms. The molecular formula is C22H19N3O. The molecule has 0 aliphatic carbocycles. The number of amides is 1. The summed E-state index contributed by atoms with van der Waals surface area (Å²) in [6.07, 6.45) is 3.49. The Kier molecular flexibility index (Phi) is 5.40. The molecule has 26 heavy (non-hydrogen) atoms. The number of nitriles is 1. The van der Waals surface area contributed by atoms with Gasteiger partial charge in [0.15, 0.2) is 0 Å². The molecule has 3 aromatic rings. The van der Waals surface area contributed by atoms with Crippen molar-refractivity contribution in [1.82, 2.24) is 9.88 Å². The summed E-state index contributed by atoms with van der Waals surface area (Å²) in [6.45, 7) is 3.03. The first-order valence-electron chi connectivity index (χ1n) is 8.40. The van der Waals surface area contributed by atoms with Crippen LogP contribution in [0.4, 0.5) is 0 Å². The van der Waals surface area contributed by atoms with Crippen LogP contribution in [0, 0.1) is 18.3 Å². The first-order valence-corrected chi connectivity index (χ1v) is 8.40. The second-order valence-corrected chi connectivity index (χ2v) is 6.14. The molecule has 0 bridgehead atoms. The zero-order valence-electron chi connectivity index (χ0n) is 14.6. The van der Waals surface area contributed by atoms with Crippen molar-refractivity contribution in [2.24, 2.45) is 0 Å². The topological polar surface area (TPSA) is 57.0 Å². The zero-order chi connectivity index (χ0) is 18.4. The SMILES string of the molecule is Cc1ccccc1CN(Cc1cccnc1)C(=O)c1ccc(C#N)cc1. The van der Waals surface area contributed by atoms with E-state index >= 15 is 0 Å². The van der Waals surface area contributed by atoms with Crippen LogP contribution < -0.4 is 0 Å². The minimum atomic E-state index is -0.0680. The summed E-state index contributed by atoms with van der Waals surface area (Å²) in [4.78, 5) is 19.0. The van der Waals surface area contributed by atoms with Gasteiger partial charge in [-0.1, -0.05) is 30.3 Å². The molecule has 0 atom stereocenters.